The first kappa shape index (κ1) is 51.2. The van der Waals surface area contributed by atoms with Gasteiger partial charge in [0.1, 0.15) is 0 Å². The highest BCUT2D eigenvalue weighted by molar-refractivity contribution is 6.16. The molecule has 0 bridgehead atoms. The molecule has 0 aliphatic carbocycles. The summed E-state index contributed by atoms with van der Waals surface area (Å²) in [5, 5.41) is 25.0. The van der Waals surface area contributed by atoms with Crippen LogP contribution < -0.4 is 0 Å². The van der Waals surface area contributed by atoms with E-state index in [0.29, 0.717) is 12.1 Å². The fourth-order valence-electron chi connectivity index (χ4n) is 15.9. The number of benzene rings is 13. The van der Waals surface area contributed by atoms with E-state index in [4.69, 9.17) is 4.98 Å². The molecule has 7 aromatic heterocycles. The van der Waals surface area contributed by atoms with Crippen LogP contribution >= 0.6 is 0 Å². The Balaban J connectivity index is 0.883. The van der Waals surface area contributed by atoms with E-state index in [1.165, 1.54) is 43.1 Å². The molecule has 0 amide bonds. The molecular weight excluding hydrogens is 1130 g/mol. The van der Waals surface area contributed by atoms with Crippen LogP contribution in [0.3, 0.4) is 0 Å². The average Bonchev–Trinajstić information content (AvgIpc) is 1.58. The van der Waals surface area contributed by atoms with Crippen LogP contribution in [0, 0.1) is 11.3 Å². The summed E-state index contributed by atoms with van der Waals surface area (Å²) >= 11 is 0. The fourth-order valence-corrected chi connectivity index (χ4v) is 15.9. The highest BCUT2D eigenvalue weighted by Crippen LogP contribution is 2.45. The van der Waals surface area contributed by atoms with E-state index < -0.39 is 0 Å². The Morgan fingerprint density at radius 3 is 0.903 bits per heavy atom. The molecule has 0 aliphatic rings. The van der Waals surface area contributed by atoms with E-state index in [-0.39, 0.29) is 0 Å². The van der Waals surface area contributed by atoms with Gasteiger partial charge in [-0.15, -0.1) is 0 Å². The van der Waals surface area contributed by atoms with Crippen molar-refractivity contribution >= 4 is 131 Å². The Morgan fingerprint density at radius 2 is 0.570 bits per heavy atom. The van der Waals surface area contributed by atoms with Gasteiger partial charge in [0.05, 0.1) is 96.3 Å². The van der Waals surface area contributed by atoms with Crippen molar-refractivity contribution < 1.29 is 0 Å². The summed E-state index contributed by atoms with van der Waals surface area (Å²) in [4.78, 5) is 5.37. The molecule has 0 unspecified atom stereocenters. The van der Waals surface area contributed by atoms with Crippen molar-refractivity contribution in [2.45, 2.75) is 6.54 Å². The van der Waals surface area contributed by atoms with Crippen molar-refractivity contribution in [3.05, 3.63) is 315 Å². The monoisotopic (exact) mass is 1180 g/mol. The summed E-state index contributed by atoms with van der Waals surface area (Å²) in [6, 6.07) is 108. The summed E-state index contributed by atoms with van der Waals surface area (Å²) in [5.74, 6) is 0. The number of aromatic nitrogens is 7. The Morgan fingerprint density at radius 1 is 0.269 bits per heavy atom. The number of nitrogens with zero attached hydrogens (tertiary/aromatic N) is 8. The van der Waals surface area contributed by atoms with Crippen LogP contribution in [0.2, 0.25) is 0 Å². The maximum Gasteiger partial charge on any atom is 0.0991 e. The minimum Gasteiger partial charge on any atom is -0.336 e. The highest BCUT2D eigenvalue weighted by atomic mass is 15.1. The summed E-state index contributed by atoms with van der Waals surface area (Å²) in [6.07, 6.45) is 4.10. The predicted octanol–water partition coefficient (Wildman–Crippen LogP) is 21.3. The van der Waals surface area contributed by atoms with Gasteiger partial charge >= 0.3 is 0 Å². The third-order valence-corrected chi connectivity index (χ3v) is 19.8. The number of para-hydroxylation sites is 8. The van der Waals surface area contributed by atoms with Gasteiger partial charge in [-0.2, -0.15) is 5.26 Å². The SMILES string of the molecule is N#Cc1cccc(-c2c(Cn3c4cc(-n5c6ccccc6c6ccccc65)ccc4c4ccc(-n5c6ccccc6c6ccccc65)cc43)cncc2-n2c3cc(-n4c5ccccc5c5ccccc54)ccc3c3ccc(-n4c5ccccc5c5ccccc54)cc32)c1. The summed E-state index contributed by atoms with van der Waals surface area (Å²) in [5.41, 5.74) is 22.0. The fraction of sp³-hybridized carbons (Fsp3) is 0.0118. The lowest BCUT2D eigenvalue weighted by atomic mass is 9.97. The Kier molecular flexibility index (Phi) is 10.8. The lowest BCUT2D eigenvalue weighted by Gasteiger charge is -2.20. The van der Waals surface area contributed by atoms with Crippen molar-refractivity contribution in [3.63, 3.8) is 0 Å². The van der Waals surface area contributed by atoms with Crippen LogP contribution in [0.4, 0.5) is 0 Å². The van der Waals surface area contributed by atoms with E-state index in [0.717, 1.165) is 133 Å². The van der Waals surface area contributed by atoms with Gasteiger partial charge in [0.25, 0.3) is 0 Å². The normalized spacial score (nSPS) is 12.1. The van der Waals surface area contributed by atoms with Gasteiger partial charge in [-0.25, -0.2) is 0 Å². The maximum atomic E-state index is 10.8. The smallest absolute Gasteiger partial charge is 0.0991 e. The molecule has 0 N–H and O–H groups in total. The lowest BCUT2D eigenvalue weighted by Crippen LogP contribution is -2.07. The van der Waals surface area contributed by atoms with Crippen molar-refractivity contribution in [2.24, 2.45) is 0 Å². The van der Waals surface area contributed by atoms with Gasteiger partial charge in [-0.05, 0) is 115 Å². The number of hydrogen-bond acceptors (Lipinski definition) is 2. The van der Waals surface area contributed by atoms with Crippen molar-refractivity contribution in [1.29, 1.82) is 5.26 Å². The Hall–Kier alpha value is -12.7. The topological polar surface area (TPSA) is 66.3 Å². The summed E-state index contributed by atoms with van der Waals surface area (Å²) in [6.45, 7) is 0.441. The number of hydrogen-bond donors (Lipinski definition) is 0. The van der Waals surface area contributed by atoms with E-state index in [1.807, 2.05) is 18.3 Å². The van der Waals surface area contributed by atoms with Gasteiger partial charge in [0.2, 0.25) is 0 Å². The first-order valence-electron chi connectivity index (χ1n) is 31.7. The van der Waals surface area contributed by atoms with Crippen molar-refractivity contribution in [2.75, 3.05) is 0 Å². The minimum atomic E-state index is 0.441. The standard InChI is InChI=1S/C85H52N8/c86-49-53-18-17-19-54(44-53)85-55(52-88-80-45-56(89-72-28-9-1-20-60(72)61-21-2-10-29-73(61)89)36-40-68(80)69-41-37-57(46-81(69)88)90-74-30-11-3-22-62(74)63-23-4-12-31-75(63)90)50-87-51-84(85)93-82-47-58(91-76-32-13-5-24-64(76)65-25-6-14-33-77(65)91)38-42-70(82)71-43-39-59(48-83(71)93)92-78-34-15-7-26-66(78)67-27-8-16-35-79(67)92/h1-48,50-51H,52H2. The zero-order valence-corrected chi connectivity index (χ0v) is 50.2. The number of nitriles is 1. The molecule has 20 rings (SSSR count). The molecule has 0 fully saturated rings. The zero-order chi connectivity index (χ0) is 61.0. The van der Waals surface area contributed by atoms with Gasteiger partial charge in [-0.1, -0.05) is 182 Å². The number of rotatable bonds is 8. The van der Waals surface area contributed by atoms with E-state index in [2.05, 4.69) is 319 Å². The number of pyridine rings is 1. The molecule has 13 aromatic carbocycles. The first-order chi connectivity index (χ1) is 46.1. The largest absolute Gasteiger partial charge is 0.336 e. The van der Waals surface area contributed by atoms with E-state index in [9.17, 15) is 5.26 Å². The lowest BCUT2D eigenvalue weighted by molar-refractivity contribution is 0.861. The van der Waals surface area contributed by atoms with Crippen LogP contribution in [0.25, 0.3) is 170 Å². The second-order valence-corrected chi connectivity index (χ2v) is 24.6. The van der Waals surface area contributed by atoms with Crippen LogP contribution in [0.5, 0.6) is 0 Å². The molecular formula is C85H52N8. The van der Waals surface area contributed by atoms with Crippen molar-refractivity contribution in [3.8, 4) is 45.6 Å². The maximum absolute atomic E-state index is 10.8. The highest BCUT2D eigenvalue weighted by Gasteiger charge is 2.25. The molecule has 0 aliphatic heterocycles. The van der Waals surface area contributed by atoms with Crippen molar-refractivity contribution in [1.82, 2.24) is 32.4 Å². The van der Waals surface area contributed by atoms with Gasteiger partial charge in [0, 0.05) is 105 Å². The van der Waals surface area contributed by atoms with Crippen LogP contribution in [0.1, 0.15) is 11.1 Å². The number of fused-ring (bicyclic) bond motifs is 18. The van der Waals surface area contributed by atoms with Gasteiger partial charge in [-0.3, -0.25) is 4.98 Å². The minimum absolute atomic E-state index is 0.441. The van der Waals surface area contributed by atoms with E-state index >= 15 is 0 Å². The molecule has 8 heteroatoms. The van der Waals surface area contributed by atoms with E-state index in [1.54, 1.807) is 0 Å². The second kappa shape index (κ2) is 19.6. The van der Waals surface area contributed by atoms with Crippen LogP contribution in [0.15, 0.2) is 304 Å². The van der Waals surface area contributed by atoms with Crippen LogP contribution in [-0.2, 0) is 6.54 Å². The Labute approximate surface area is 532 Å². The summed E-state index contributed by atoms with van der Waals surface area (Å²) < 4.78 is 14.6. The quantitative estimate of drug-likeness (QED) is 0.152. The Bertz CT molecular complexity index is 6070. The third kappa shape index (κ3) is 7.39. The second-order valence-electron chi connectivity index (χ2n) is 24.6. The van der Waals surface area contributed by atoms with Gasteiger partial charge in [0.15, 0.2) is 0 Å². The zero-order valence-electron chi connectivity index (χ0n) is 50.2. The molecule has 432 valence electrons. The van der Waals surface area contributed by atoms with Crippen LogP contribution in [-0.4, -0.2) is 32.4 Å². The molecule has 0 atom stereocenters. The van der Waals surface area contributed by atoms with Gasteiger partial charge < -0.3 is 27.4 Å². The molecule has 0 saturated carbocycles. The molecule has 7 heterocycles. The average molecular weight is 1190 g/mol. The summed E-state index contributed by atoms with van der Waals surface area (Å²) in [7, 11) is 0. The first-order valence-corrected chi connectivity index (χ1v) is 31.7. The molecule has 93 heavy (non-hydrogen) atoms. The molecule has 0 saturated heterocycles. The molecule has 20 aromatic rings. The molecule has 0 spiro atoms. The predicted molar refractivity (Wildman–Crippen MR) is 385 cm³/mol. The third-order valence-electron chi connectivity index (χ3n) is 19.8. The molecule has 8 nitrogen and oxygen atoms in total. The molecule has 0 radical (unpaired) electrons.